The highest BCUT2D eigenvalue weighted by molar-refractivity contribution is 6.03. The fraction of sp³-hybridized carbons (Fsp3) is 0.343. The van der Waals surface area contributed by atoms with Gasteiger partial charge in [0.25, 0.3) is 0 Å². The smallest absolute Gasteiger partial charge is 0.327 e. The summed E-state index contributed by atoms with van der Waals surface area (Å²) >= 11 is 0. The van der Waals surface area contributed by atoms with Gasteiger partial charge < -0.3 is 19.5 Å². The molecule has 0 bridgehead atoms. The Hall–Kier alpha value is -4.59. The van der Waals surface area contributed by atoms with Gasteiger partial charge in [-0.15, -0.1) is 6.58 Å². The molecule has 0 aliphatic carbocycles. The number of nitrogens with one attached hydrogen (secondary N) is 1. The molecule has 1 aliphatic heterocycles. The third kappa shape index (κ3) is 7.25. The monoisotopic (exact) mass is 584 g/mol. The first kappa shape index (κ1) is 31.3. The molecule has 0 radical (unpaired) electrons. The maximum absolute atomic E-state index is 13.5. The van der Waals surface area contributed by atoms with Crippen LogP contribution in [0.3, 0.4) is 0 Å². The second-order valence-electron chi connectivity index (χ2n) is 10.5. The molecule has 0 unspecified atom stereocenters. The van der Waals surface area contributed by atoms with Crippen LogP contribution < -0.4 is 14.8 Å². The molecule has 226 valence electrons. The van der Waals surface area contributed by atoms with Gasteiger partial charge in [0.2, 0.25) is 5.91 Å². The molecule has 4 rings (SSSR count). The number of benzene rings is 3. The topological polar surface area (TPSA) is 94.2 Å². The summed E-state index contributed by atoms with van der Waals surface area (Å²) < 4.78 is 17.2. The lowest BCUT2D eigenvalue weighted by molar-refractivity contribution is -0.191. The molecule has 0 spiro atoms. The van der Waals surface area contributed by atoms with E-state index < -0.39 is 17.7 Å². The zero-order valence-electron chi connectivity index (χ0n) is 25.1. The molecular weight excluding hydrogens is 544 g/mol. The number of likely N-dealkylation sites (tertiary alicyclic amines) is 1. The van der Waals surface area contributed by atoms with Crippen molar-refractivity contribution < 1.29 is 28.6 Å². The van der Waals surface area contributed by atoms with Crippen LogP contribution in [0.15, 0.2) is 91.5 Å². The van der Waals surface area contributed by atoms with E-state index in [1.165, 1.54) is 4.90 Å². The van der Waals surface area contributed by atoms with Crippen molar-refractivity contribution >= 4 is 17.9 Å². The van der Waals surface area contributed by atoms with Crippen LogP contribution in [0.4, 0.5) is 4.79 Å². The number of ether oxygens (including phenoxy) is 3. The van der Waals surface area contributed by atoms with Crippen molar-refractivity contribution in [1.29, 1.82) is 0 Å². The molecule has 43 heavy (non-hydrogen) atoms. The third-order valence-electron chi connectivity index (χ3n) is 7.89. The normalized spacial score (nSPS) is 16.0. The van der Waals surface area contributed by atoms with Gasteiger partial charge in [0.05, 0.1) is 19.1 Å². The van der Waals surface area contributed by atoms with Crippen molar-refractivity contribution in [2.45, 2.75) is 65.3 Å². The molecule has 3 amide bonds. The number of nitrogens with zero attached hydrogens (tertiary/aromatic N) is 1. The number of hydrogen-bond donors (Lipinski definition) is 1. The summed E-state index contributed by atoms with van der Waals surface area (Å²) in [6.07, 6.45) is 2.60. The predicted molar refractivity (Wildman–Crippen MR) is 164 cm³/mol. The lowest BCUT2D eigenvalue weighted by atomic mass is 9.72. The highest BCUT2D eigenvalue weighted by Gasteiger charge is 2.63. The summed E-state index contributed by atoms with van der Waals surface area (Å²) in [5.74, 6) is 0.647. The van der Waals surface area contributed by atoms with Crippen LogP contribution in [0.1, 0.15) is 62.8 Å². The molecule has 0 aromatic heterocycles. The van der Waals surface area contributed by atoms with E-state index in [1.807, 2.05) is 75.4 Å². The Bertz CT molecular complexity index is 1380. The zero-order chi connectivity index (χ0) is 30.8. The van der Waals surface area contributed by atoms with E-state index >= 15 is 0 Å². The Balaban J connectivity index is 1.43. The SMILES string of the molecule is C=CC[C@@H](NC(=O)N1C(=O)C(CC)(CC)[C@@H]1Oc1ccc(CC(=O)OCc2ccccc2)cc1)c1ccc(OCC)cc1. The number of carbonyl (C=O) groups is 3. The minimum absolute atomic E-state index is 0.119. The molecule has 0 saturated carbocycles. The fourth-order valence-electron chi connectivity index (χ4n) is 5.30. The zero-order valence-corrected chi connectivity index (χ0v) is 25.1. The van der Waals surface area contributed by atoms with Crippen molar-refractivity contribution in [3.63, 3.8) is 0 Å². The van der Waals surface area contributed by atoms with Crippen LogP contribution in [0.5, 0.6) is 11.5 Å². The lowest BCUT2D eigenvalue weighted by Gasteiger charge is -2.53. The summed E-state index contributed by atoms with van der Waals surface area (Å²) in [7, 11) is 0. The van der Waals surface area contributed by atoms with E-state index in [1.54, 1.807) is 30.3 Å². The first-order chi connectivity index (χ1) is 20.8. The van der Waals surface area contributed by atoms with Crippen molar-refractivity contribution in [2.75, 3.05) is 6.61 Å². The van der Waals surface area contributed by atoms with Crippen molar-refractivity contribution in [3.8, 4) is 11.5 Å². The minimum atomic E-state index is -0.815. The van der Waals surface area contributed by atoms with E-state index in [0.717, 1.165) is 22.4 Å². The molecule has 1 fully saturated rings. The number of rotatable bonds is 14. The summed E-state index contributed by atoms with van der Waals surface area (Å²) in [6, 6.07) is 23.2. The fourth-order valence-corrected chi connectivity index (χ4v) is 5.30. The highest BCUT2D eigenvalue weighted by atomic mass is 16.5. The van der Waals surface area contributed by atoms with Crippen LogP contribution in [0.2, 0.25) is 0 Å². The van der Waals surface area contributed by atoms with Gasteiger partial charge in [-0.1, -0.05) is 74.5 Å². The first-order valence-corrected chi connectivity index (χ1v) is 14.8. The number of carbonyl (C=O) groups excluding carboxylic acids is 3. The Morgan fingerprint density at radius 3 is 2.19 bits per heavy atom. The number of imide groups is 1. The van der Waals surface area contributed by atoms with Crippen molar-refractivity contribution in [3.05, 3.63) is 108 Å². The van der Waals surface area contributed by atoms with Crippen LogP contribution in [0, 0.1) is 5.41 Å². The second-order valence-corrected chi connectivity index (χ2v) is 10.5. The van der Waals surface area contributed by atoms with Gasteiger partial charge in [0.15, 0.2) is 6.23 Å². The first-order valence-electron chi connectivity index (χ1n) is 14.8. The van der Waals surface area contributed by atoms with Crippen molar-refractivity contribution in [2.24, 2.45) is 5.41 Å². The van der Waals surface area contributed by atoms with E-state index in [4.69, 9.17) is 14.2 Å². The summed E-state index contributed by atoms with van der Waals surface area (Å²) in [5, 5.41) is 3.00. The molecular formula is C35H40N2O6. The quantitative estimate of drug-likeness (QED) is 0.128. The van der Waals surface area contributed by atoms with Gasteiger partial charge in [0, 0.05) is 0 Å². The Kier molecular flexibility index (Phi) is 10.6. The Morgan fingerprint density at radius 2 is 1.58 bits per heavy atom. The Morgan fingerprint density at radius 1 is 0.930 bits per heavy atom. The maximum atomic E-state index is 13.5. The summed E-state index contributed by atoms with van der Waals surface area (Å²) in [4.78, 5) is 40.5. The van der Waals surface area contributed by atoms with Gasteiger partial charge in [-0.3, -0.25) is 9.59 Å². The highest BCUT2D eigenvalue weighted by Crippen LogP contribution is 2.46. The summed E-state index contributed by atoms with van der Waals surface area (Å²) in [6.45, 7) is 10.4. The molecule has 2 atom stereocenters. The van der Waals surface area contributed by atoms with Crippen LogP contribution in [-0.2, 0) is 27.4 Å². The Labute approximate surface area is 253 Å². The van der Waals surface area contributed by atoms with E-state index in [9.17, 15) is 14.4 Å². The van der Waals surface area contributed by atoms with Gasteiger partial charge in [0.1, 0.15) is 23.5 Å². The van der Waals surface area contributed by atoms with Crippen LogP contribution in [-0.4, -0.2) is 35.6 Å². The lowest BCUT2D eigenvalue weighted by Crippen LogP contribution is -2.73. The van der Waals surface area contributed by atoms with Gasteiger partial charge in [-0.2, -0.15) is 0 Å². The number of amides is 3. The number of urea groups is 1. The number of hydrogen-bond acceptors (Lipinski definition) is 6. The average Bonchev–Trinajstić information content (AvgIpc) is 3.02. The minimum Gasteiger partial charge on any atom is -0.494 e. The third-order valence-corrected chi connectivity index (χ3v) is 7.89. The van der Waals surface area contributed by atoms with Crippen molar-refractivity contribution in [1.82, 2.24) is 10.2 Å². The van der Waals surface area contributed by atoms with Gasteiger partial charge >= 0.3 is 12.0 Å². The van der Waals surface area contributed by atoms with E-state index in [-0.39, 0.29) is 30.9 Å². The number of β-lactam (4-membered cyclic amide) rings is 1. The molecule has 3 aromatic carbocycles. The molecule has 1 aliphatic rings. The predicted octanol–water partition coefficient (Wildman–Crippen LogP) is 6.75. The largest absolute Gasteiger partial charge is 0.494 e. The van der Waals surface area contributed by atoms with Crippen LogP contribution in [0.25, 0.3) is 0 Å². The molecule has 1 N–H and O–H groups in total. The molecule has 3 aromatic rings. The molecule has 1 heterocycles. The summed E-state index contributed by atoms with van der Waals surface area (Å²) in [5.41, 5.74) is 1.75. The second kappa shape index (κ2) is 14.5. The van der Waals surface area contributed by atoms with Crippen LogP contribution >= 0.6 is 0 Å². The molecule has 8 nitrogen and oxygen atoms in total. The van der Waals surface area contributed by atoms with E-state index in [2.05, 4.69) is 11.9 Å². The average molecular weight is 585 g/mol. The molecule has 8 heteroatoms. The molecule has 1 saturated heterocycles. The van der Waals surface area contributed by atoms with Gasteiger partial charge in [-0.05, 0) is 67.1 Å². The maximum Gasteiger partial charge on any atom is 0.327 e. The van der Waals surface area contributed by atoms with Gasteiger partial charge in [-0.25, -0.2) is 9.69 Å². The standard InChI is InChI=1S/C35H40N2O6/c1-5-12-30(27-17-21-28(22-18-27)41-8-4)36-34(40)37-32(39)35(6-2,7-3)33(37)43-29-19-15-25(16-20-29)23-31(38)42-24-26-13-10-9-11-14-26/h5,9-11,13-22,30,33H,1,6-8,12,23-24H2,2-4H3,(H,36,40)/t30-,33+/m1/s1. The van der Waals surface area contributed by atoms with E-state index in [0.29, 0.717) is 31.6 Å². The number of esters is 1.